The smallest absolute Gasteiger partial charge is 0.340 e. The molecule has 0 aliphatic carbocycles. The van der Waals surface area contributed by atoms with Gasteiger partial charge in [0.1, 0.15) is 5.57 Å². The topological polar surface area (TPSA) is 96.6 Å². The zero-order valence-electron chi connectivity index (χ0n) is 16.4. The summed E-state index contributed by atoms with van der Waals surface area (Å²) in [5, 5.41) is 0.478. The van der Waals surface area contributed by atoms with Crippen LogP contribution in [0.5, 0.6) is 11.8 Å². The Morgan fingerprint density at radius 3 is 2.69 bits per heavy atom. The van der Waals surface area contributed by atoms with Crippen LogP contribution in [0, 0.1) is 0 Å². The molecule has 0 saturated heterocycles. The Hall–Kier alpha value is -3.00. The molecule has 0 amide bonds. The van der Waals surface area contributed by atoms with Gasteiger partial charge in [0, 0.05) is 5.75 Å². The number of nitrogens with two attached hydrogens (primary N) is 1. The normalized spacial score (nSPS) is 15.3. The van der Waals surface area contributed by atoms with E-state index in [0.29, 0.717) is 29.0 Å². The molecule has 0 bridgehead atoms. The molecule has 0 unspecified atom stereocenters. The van der Waals surface area contributed by atoms with Crippen LogP contribution in [0.25, 0.3) is 0 Å². The van der Waals surface area contributed by atoms with Gasteiger partial charge in [0.25, 0.3) is 0 Å². The van der Waals surface area contributed by atoms with Gasteiger partial charge >= 0.3 is 5.97 Å². The molecule has 2 aromatic rings. The van der Waals surface area contributed by atoms with E-state index in [-0.39, 0.29) is 23.9 Å². The number of hydrogen-bond acceptors (Lipinski definition) is 8. The number of fused-ring (bicyclic) bond motifs is 1. The van der Waals surface area contributed by atoms with Crippen LogP contribution in [0.3, 0.4) is 0 Å². The second-order valence-electron chi connectivity index (χ2n) is 6.01. The van der Waals surface area contributed by atoms with Gasteiger partial charge in [0.2, 0.25) is 17.6 Å². The summed E-state index contributed by atoms with van der Waals surface area (Å²) in [6.07, 6.45) is 1.76. The summed E-state index contributed by atoms with van der Waals surface area (Å²) in [5.74, 6) is 0.106. The van der Waals surface area contributed by atoms with Crippen molar-refractivity contribution in [3.8, 4) is 11.8 Å². The summed E-state index contributed by atoms with van der Waals surface area (Å²) < 4.78 is 16.8. The van der Waals surface area contributed by atoms with Gasteiger partial charge in [-0.3, -0.25) is 0 Å². The highest BCUT2D eigenvalue weighted by molar-refractivity contribution is 7.99. The number of thioether (sulfide) groups is 1. The van der Waals surface area contributed by atoms with Crippen molar-refractivity contribution in [1.82, 2.24) is 9.97 Å². The highest BCUT2D eigenvalue weighted by Gasteiger charge is 2.39. The lowest BCUT2D eigenvalue weighted by Gasteiger charge is -2.28. The molecular formula is C21H23N3O4S. The third-order valence-electron chi connectivity index (χ3n) is 4.14. The molecule has 1 aliphatic rings. The summed E-state index contributed by atoms with van der Waals surface area (Å²) in [6.45, 7) is 7.93. The average Bonchev–Trinajstić information content (AvgIpc) is 2.72. The fraction of sp³-hybridized carbons (Fsp3) is 0.286. The zero-order chi connectivity index (χ0) is 20.8. The van der Waals surface area contributed by atoms with Crippen LogP contribution in [-0.4, -0.2) is 34.9 Å². The standard InChI is InChI=1S/C21H23N3O4S/c1-4-12-29-21-23-18(26-5-2)16-14(13-10-8-7-9-11-13)15(20(25)27-6-3)17(22)28-19(16)24-21/h4,7-11,14H,1,5-6,12,22H2,2-3H3/t14-/m1/s1. The van der Waals surface area contributed by atoms with Crippen molar-refractivity contribution < 1.29 is 19.0 Å². The molecule has 0 fully saturated rings. The van der Waals surface area contributed by atoms with Gasteiger partial charge in [-0.1, -0.05) is 48.2 Å². The first kappa shape index (κ1) is 20.7. The summed E-state index contributed by atoms with van der Waals surface area (Å²) in [7, 11) is 0. The molecule has 29 heavy (non-hydrogen) atoms. The predicted molar refractivity (Wildman–Crippen MR) is 111 cm³/mol. The molecular weight excluding hydrogens is 390 g/mol. The number of aromatic nitrogens is 2. The van der Waals surface area contributed by atoms with Gasteiger partial charge in [-0.2, -0.15) is 9.97 Å². The zero-order valence-corrected chi connectivity index (χ0v) is 17.2. The number of rotatable bonds is 8. The molecule has 1 aromatic carbocycles. The summed E-state index contributed by atoms with van der Waals surface area (Å²) >= 11 is 1.40. The minimum Gasteiger partial charge on any atom is -0.478 e. The Morgan fingerprint density at radius 2 is 2.03 bits per heavy atom. The quantitative estimate of drug-likeness (QED) is 0.304. The van der Waals surface area contributed by atoms with Crippen LogP contribution < -0.4 is 15.2 Å². The first-order chi connectivity index (χ1) is 14.1. The number of benzene rings is 1. The first-order valence-corrected chi connectivity index (χ1v) is 10.3. The van der Waals surface area contributed by atoms with Crippen molar-refractivity contribution in [3.05, 3.63) is 65.6 Å². The van der Waals surface area contributed by atoms with Crippen LogP contribution in [0.15, 0.2) is 59.6 Å². The lowest BCUT2D eigenvalue weighted by molar-refractivity contribution is -0.139. The number of carbonyl (C=O) groups excluding carboxylic acids is 1. The number of ether oxygens (including phenoxy) is 3. The van der Waals surface area contributed by atoms with Crippen LogP contribution >= 0.6 is 11.8 Å². The molecule has 152 valence electrons. The number of esters is 1. The van der Waals surface area contributed by atoms with E-state index in [1.807, 2.05) is 37.3 Å². The average molecular weight is 413 g/mol. The van der Waals surface area contributed by atoms with E-state index >= 15 is 0 Å². The van der Waals surface area contributed by atoms with E-state index in [1.54, 1.807) is 13.0 Å². The van der Waals surface area contributed by atoms with Gasteiger partial charge in [-0.05, 0) is 19.4 Å². The number of carbonyl (C=O) groups is 1. The fourth-order valence-corrected chi connectivity index (χ4v) is 3.59. The third kappa shape index (κ3) is 4.37. The lowest BCUT2D eigenvalue weighted by atomic mass is 9.84. The molecule has 8 heteroatoms. The molecule has 7 nitrogen and oxygen atoms in total. The Balaban J connectivity index is 2.21. The largest absolute Gasteiger partial charge is 0.478 e. The molecule has 1 aromatic heterocycles. The van der Waals surface area contributed by atoms with Gasteiger partial charge in [-0.15, -0.1) is 6.58 Å². The highest BCUT2D eigenvalue weighted by atomic mass is 32.2. The van der Waals surface area contributed by atoms with Crippen molar-refractivity contribution in [3.63, 3.8) is 0 Å². The van der Waals surface area contributed by atoms with Crippen molar-refractivity contribution in [2.75, 3.05) is 19.0 Å². The van der Waals surface area contributed by atoms with E-state index in [1.165, 1.54) is 11.8 Å². The van der Waals surface area contributed by atoms with Crippen molar-refractivity contribution >= 4 is 17.7 Å². The van der Waals surface area contributed by atoms with Crippen LogP contribution in [-0.2, 0) is 9.53 Å². The maximum Gasteiger partial charge on any atom is 0.340 e. The van der Waals surface area contributed by atoms with Crippen molar-refractivity contribution in [1.29, 1.82) is 0 Å². The minimum absolute atomic E-state index is 0.0365. The molecule has 0 radical (unpaired) electrons. The maximum absolute atomic E-state index is 12.7. The van der Waals surface area contributed by atoms with Crippen LogP contribution in [0.4, 0.5) is 0 Å². The Labute approximate surface area is 174 Å². The molecule has 1 aliphatic heterocycles. The van der Waals surface area contributed by atoms with E-state index in [4.69, 9.17) is 19.9 Å². The summed E-state index contributed by atoms with van der Waals surface area (Å²) in [4.78, 5) is 21.8. The second-order valence-corrected chi connectivity index (χ2v) is 6.99. The summed E-state index contributed by atoms with van der Waals surface area (Å²) in [6, 6.07) is 9.48. The Morgan fingerprint density at radius 1 is 1.28 bits per heavy atom. The molecule has 0 spiro atoms. The van der Waals surface area contributed by atoms with E-state index in [0.717, 1.165) is 5.56 Å². The van der Waals surface area contributed by atoms with E-state index in [2.05, 4.69) is 16.5 Å². The van der Waals surface area contributed by atoms with E-state index < -0.39 is 11.9 Å². The first-order valence-electron chi connectivity index (χ1n) is 9.28. The molecule has 1 atom stereocenters. The van der Waals surface area contributed by atoms with Gasteiger partial charge in [-0.25, -0.2) is 4.79 Å². The molecule has 3 rings (SSSR count). The molecule has 2 N–H and O–H groups in total. The third-order valence-corrected chi connectivity index (χ3v) is 4.99. The summed E-state index contributed by atoms with van der Waals surface area (Å²) in [5.41, 5.74) is 7.76. The fourth-order valence-electron chi connectivity index (χ4n) is 3.03. The van der Waals surface area contributed by atoms with Gasteiger partial charge in [0.05, 0.1) is 24.7 Å². The number of hydrogen-bond donors (Lipinski definition) is 1. The highest BCUT2D eigenvalue weighted by Crippen LogP contribution is 2.46. The molecule has 2 heterocycles. The van der Waals surface area contributed by atoms with E-state index in [9.17, 15) is 4.79 Å². The predicted octanol–water partition coefficient (Wildman–Crippen LogP) is 3.41. The van der Waals surface area contributed by atoms with Crippen LogP contribution in [0.2, 0.25) is 0 Å². The van der Waals surface area contributed by atoms with Crippen molar-refractivity contribution in [2.24, 2.45) is 5.73 Å². The Kier molecular flexibility index (Phi) is 6.77. The second kappa shape index (κ2) is 9.47. The Bertz CT molecular complexity index is 931. The lowest BCUT2D eigenvalue weighted by Crippen LogP contribution is -2.29. The van der Waals surface area contributed by atoms with Gasteiger partial charge in [0.15, 0.2) is 5.16 Å². The molecule has 0 saturated carbocycles. The number of nitrogens with zero attached hydrogens (tertiary/aromatic N) is 2. The SMILES string of the molecule is C=CCSc1nc(OCC)c2c(n1)OC(N)=C(C(=O)OCC)[C@H]2c1ccccc1. The van der Waals surface area contributed by atoms with Gasteiger partial charge < -0.3 is 19.9 Å². The monoisotopic (exact) mass is 413 g/mol. The van der Waals surface area contributed by atoms with Crippen molar-refractivity contribution in [2.45, 2.75) is 24.9 Å². The minimum atomic E-state index is -0.570. The maximum atomic E-state index is 12.7. The van der Waals surface area contributed by atoms with Crippen LogP contribution in [0.1, 0.15) is 30.9 Å².